The highest BCUT2D eigenvalue weighted by Gasteiger charge is 2.24. The Kier molecular flexibility index (Phi) is 6.37. The predicted octanol–water partition coefficient (Wildman–Crippen LogP) is 1.11. The van der Waals surface area contributed by atoms with Gasteiger partial charge in [-0.25, -0.2) is 0 Å². The van der Waals surface area contributed by atoms with Crippen LogP contribution in [0, 0.1) is 11.3 Å². The number of hydrogen-bond acceptors (Lipinski definition) is 4. The lowest BCUT2D eigenvalue weighted by Crippen LogP contribution is -2.39. The van der Waals surface area contributed by atoms with E-state index in [4.69, 9.17) is 10.4 Å². The molecular formula is C14H23N3O2. The summed E-state index contributed by atoms with van der Waals surface area (Å²) in [7, 11) is 3.51. The van der Waals surface area contributed by atoms with Crippen molar-refractivity contribution >= 4 is 5.91 Å². The Hall–Kier alpha value is -1.54. The van der Waals surface area contributed by atoms with E-state index < -0.39 is 0 Å². The van der Waals surface area contributed by atoms with Gasteiger partial charge in [-0.2, -0.15) is 5.26 Å². The molecule has 0 aliphatic heterocycles. The quantitative estimate of drug-likeness (QED) is 0.597. The Morgan fingerprint density at radius 2 is 2.00 bits per heavy atom. The number of carbonyl (C=O) groups excluding carboxylic acids is 1. The van der Waals surface area contributed by atoms with Gasteiger partial charge in [0.1, 0.15) is 11.6 Å². The molecule has 0 bridgehead atoms. The van der Waals surface area contributed by atoms with Crippen LogP contribution >= 0.6 is 0 Å². The van der Waals surface area contributed by atoms with Crippen molar-refractivity contribution < 1.29 is 9.90 Å². The zero-order valence-electron chi connectivity index (χ0n) is 11.8. The monoisotopic (exact) mass is 265 g/mol. The van der Waals surface area contributed by atoms with E-state index in [1.165, 1.54) is 12.6 Å². The second-order valence-corrected chi connectivity index (χ2v) is 5.07. The molecule has 0 aromatic carbocycles. The van der Waals surface area contributed by atoms with Crippen molar-refractivity contribution in [2.24, 2.45) is 0 Å². The van der Waals surface area contributed by atoms with E-state index in [1.807, 2.05) is 6.07 Å². The summed E-state index contributed by atoms with van der Waals surface area (Å²) >= 11 is 0. The van der Waals surface area contributed by atoms with E-state index in [0.717, 1.165) is 25.7 Å². The zero-order chi connectivity index (χ0) is 14.3. The summed E-state index contributed by atoms with van der Waals surface area (Å²) in [5.74, 6) is -0.223. The second-order valence-electron chi connectivity index (χ2n) is 5.07. The summed E-state index contributed by atoms with van der Waals surface area (Å²) in [6.45, 7) is 0.407. The van der Waals surface area contributed by atoms with Crippen molar-refractivity contribution in [2.45, 2.75) is 38.1 Å². The molecule has 1 saturated carbocycles. The minimum absolute atomic E-state index is 0.00162. The normalized spacial score (nSPS) is 16.8. The lowest BCUT2D eigenvalue weighted by molar-refractivity contribution is -0.128. The number of likely N-dealkylation sites (N-methyl/N-ethyl adjacent to an activating group) is 2. The Bertz CT molecular complexity index is 367. The molecule has 0 aromatic heterocycles. The summed E-state index contributed by atoms with van der Waals surface area (Å²) in [5.41, 5.74) is 0.129. The average Bonchev–Trinajstić information content (AvgIpc) is 2.44. The van der Waals surface area contributed by atoms with Gasteiger partial charge in [0.15, 0.2) is 0 Å². The first-order chi connectivity index (χ1) is 9.10. The van der Waals surface area contributed by atoms with Crippen LogP contribution < -0.4 is 0 Å². The Morgan fingerprint density at radius 3 is 2.53 bits per heavy atom. The molecule has 1 aliphatic carbocycles. The molecule has 0 heterocycles. The molecule has 0 spiro atoms. The fourth-order valence-electron chi connectivity index (χ4n) is 2.40. The molecule has 1 N–H and O–H groups in total. The standard InChI is InChI=1S/C14H23N3O2/c1-16(8-9-18)11-12(10-15)14(19)17(2)13-6-4-3-5-7-13/h11,13,18H,3-9H2,1-2H3/b12-11-. The number of carbonyl (C=O) groups is 1. The summed E-state index contributed by atoms with van der Waals surface area (Å²) in [4.78, 5) is 15.6. The van der Waals surface area contributed by atoms with Crippen LogP contribution in [0.4, 0.5) is 0 Å². The second kappa shape index (κ2) is 7.80. The third-order valence-corrected chi connectivity index (χ3v) is 3.60. The Labute approximate surface area is 115 Å². The number of aliphatic hydroxyl groups is 1. The van der Waals surface area contributed by atoms with Crippen LogP contribution in [0.25, 0.3) is 0 Å². The first-order valence-corrected chi connectivity index (χ1v) is 6.80. The van der Waals surface area contributed by atoms with Crippen LogP contribution in [0.2, 0.25) is 0 Å². The molecule has 1 rings (SSSR count). The van der Waals surface area contributed by atoms with E-state index in [1.54, 1.807) is 23.9 Å². The maximum absolute atomic E-state index is 12.3. The summed E-state index contributed by atoms with van der Waals surface area (Å²) < 4.78 is 0. The highest BCUT2D eigenvalue weighted by atomic mass is 16.3. The molecule has 1 amide bonds. The molecule has 5 heteroatoms. The van der Waals surface area contributed by atoms with Crippen molar-refractivity contribution in [1.29, 1.82) is 5.26 Å². The first kappa shape index (κ1) is 15.5. The van der Waals surface area contributed by atoms with E-state index in [9.17, 15) is 4.79 Å². The molecule has 0 radical (unpaired) electrons. The number of nitrogens with zero attached hydrogens (tertiary/aromatic N) is 3. The largest absolute Gasteiger partial charge is 0.395 e. The van der Waals surface area contributed by atoms with Crippen LogP contribution in [0.15, 0.2) is 11.8 Å². The Balaban J connectivity index is 2.69. The van der Waals surface area contributed by atoms with Gasteiger partial charge in [-0.05, 0) is 12.8 Å². The van der Waals surface area contributed by atoms with Gasteiger partial charge in [0.25, 0.3) is 5.91 Å². The molecule has 1 fully saturated rings. The van der Waals surface area contributed by atoms with Gasteiger partial charge in [-0.15, -0.1) is 0 Å². The van der Waals surface area contributed by atoms with Gasteiger partial charge in [0.2, 0.25) is 0 Å². The van der Waals surface area contributed by atoms with Crippen molar-refractivity contribution in [3.63, 3.8) is 0 Å². The number of rotatable bonds is 5. The third kappa shape index (κ3) is 4.56. The zero-order valence-corrected chi connectivity index (χ0v) is 11.8. The SMILES string of the molecule is CN(/C=C(/C#N)C(=O)N(C)C1CCCCC1)CCO. The van der Waals surface area contributed by atoms with Gasteiger partial charge in [0.05, 0.1) is 6.61 Å². The minimum atomic E-state index is -0.223. The molecule has 0 saturated heterocycles. The first-order valence-electron chi connectivity index (χ1n) is 6.80. The van der Waals surface area contributed by atoms with Gasteiger partial charge in [0, 0.05) is 32.9 Å². The van der Waals surface area contributed by atoms with Crippen molar-refractivity contribution in [3.05, 3.63) is 11.8 Å². The Morgan fingerprint density at radius 1 is 1.37 bits per heavy atom. The van der Waals surface area contributed by atoms with Gasteiger partial charge < -0.3 is 14.9 Å². The molecule has 0 aromatic rings. The number of amides is 1. The number of nitriles is 1. The third-order valence-electron chi connectivity index (χ3n) is 3.60. The van der Waals surface area contributed by atoms with Gasteiger partial charge >= 0.3 is 0 Å². The smallest absolute Gasteiger partial charge is 0.265 e. The highest BCUT2D eigenvalue weighted by Crippen LogP contribution is 2.22. The summed E-state index contributed by atoms with van der Waals surface area (Å²) in [5, 5.41) is 17.9. The summed E-state index contributed by atoms with van der Waals surface area (Å²) in [6, 6.07) is 2.21. The van der Waals surface area contributed by atoms with E-state index in [-0.39, 0.29) is 24.1 Å². The van der Waals surface area contributed by atoms with Crippen LogP contribution in [0.5, 0.6) is 0 Å². The molecule has 0 atom stereocenters. The van der Waals surface area contributed by atoms with E-state index in [0.29, 0.717) is 6.54 Å². The van der Waals surface area contributed by atoms with E-state index in [2.05, 4.69) is 0 Å². The van der Waals surface area contributed by atoms with Crippen molar-refractivity contribution in [2.75, 3.05) is 27.2 Å². The average molecular weight is 265 g/mol. The van der Waals surface area contributed by atoms with E-state index >= 15 is 0 Å². The molecule has 106 valence electrons. The van der Waals surface area contributed by atoms with Crippen molar-refractivity contribution in [3.8, 4) is 6.07 Å². The van der Waals surface area contributed by atoms with Crippen molar-refractivity contribution in [1.82, 2.24) is 9.80 Å². The molecule has 19 heavy (non-hydrogen) atoms. The highest BCUT2D eigenvalue weighted by molar-refractivity contribution is 5.97. The van der Waals surface area contributed by atoms with Crippen LogP contribution in [0.3, 0.4) is 0 Å². The summed E-state index contributed by atoms with van der Waals surface area (Å²) in [6.07, 6.45) is 7.09. The number of hydrogen-bond donors (Lipinski definition) is 1. The lowest BCUT2D eigenvalue weighted by Gasteiger charge is -2.31. The molecule has 1 aliphatic rings. The van der Waals surface area contributed by atoms with Gasteiger partial charge in [-0.1, -0.05) is 19.3 Å². The number of aliphatic hydroxyl groups excluding tert-OH is 1. The fraction of sp³-hybridized carbons (Fsp3) is 0.714. The van der Waals surface area contributed by atoms with Crippen LogP contribution in [0.1, 0.15) is 32.1 Å². The fourth-order valence-corrected chi connectivity index (χ4v) is 2.40. The van der Waals surface area contributed by atoms with Crippen LogP contribution in [-0.2, 0) is 4.79 Å². The minimum Gasteiger partial charge on any atom is -0.395 e. The predicted molar refractivity (Wildman–Crippen MR) is 73.1 cm³/mol. The van der Waals surface area contributed by atoms with Crippen LogP contribution in [-0.4, -0.2) is 54.1 Å². The van der Waals surface area contributed by atoms with Gasteiger partial charge in [-0.3, -0.25) is 4.79 Å². The maximum Gasteiger partial charge on any atom is 0.265 e. The molecule has 5 nitrogen and oxygen atoms in total. The molecular weight excluding hydrogens is 242 g/mol. The maximum atomic E-state index is 12.3. The topological polar surface area (TPSA) is 67.6 Å². The lowest BCUT2D eigenvalue weighted by atomic mass is 9.94. The molecule has 0 unspecified atom stereocenters.